The number of hydrogen-bond acceptors (Lipinski definition) is 5. The molecule has 0 saturated heterocycles. The normalized spacial score (nSPS) is 12.2. The molecule has 0 spiro atoms. The van der Waals surface area contributed by atoms with Gasteiger partial charge in [0.05, 0.1) is 14.5 Å². The smallest absolute Gasteiger partial charge is 0.293 e. The molecule has 0 fully saturated rings. The summed E-state index contributed by atoms with van der Waals surface area (Å²) in [7, 11) is 0. The van der Waals surface area contributed by atoms with Crippen molar-refractivity contribution >= 4 is 45.3 Å². The highest BCUT2D eigenvalue weighted by Crippen LogP contribution is 2.32. The van der Waals surface area contributed by atoms with Crippen LogP contribution in [0.1, 0.15) is 23.7 Å². The lowest BCUT2D eigenvalue weighted by molar-refractivity contribution is -0.384. The Labute approximate surface area is 132 Å². The van der Waals surface area contributed by atoms with Crippen molar-refractivity contribution in [3.63, 3.8) is 0 Å². The predicted molar refractivity (Wildman–Crippen MR) is 84.7 cm³/mol. The lowest BCUT2D eigenvalue weighted by Gasteiger charge is -2.13. The quantitative estimate of drug-likeness (QED) is 0.467. The number of thiazole rings is 1. The molecule has 1 aromatic heterocycles. The summed E-state index contributed by atoms with van der Waals surface area (Å²) in [6.45, 7) is 3.71. The van der Waals surface area contributed by atoms with Gasteiger partial charge in [0.15, 0.2) is 0 Å². The lowest BCUT2D eigenvalue weighted by atomic mass is 10.2. The first kappa shape index (κ1) is 15.1. The maximum absolute atomic E-state index is 13.6. The van der Waals surface area contributed by atoms with Crippen LogP contribution in [0.5, 0.6) is 0 Å². The van der Waals surface area contributed by atoms with Crippen LogP contribution in [-0.2, 0) is 0 Å². The van der Waals surface area contributed by atoms with E-state index >= 15 is 0 Å². The summed E-state index contributed by atoms with van der Waals surface area (Å²) in [5, 5.41) is 16.7. The number of anilines is 1. The number of benzene rings is 1. The van der Waals surface area contributed by atoms with Gasteiger partial charge in [-0.2, -0.15) is 0 Å². The van der Waals surface area contributed by atoms with E-state index in [9.17, 15) is 14.5 Å². The van der Waals surface area contributed by atoms with Crippen LogP contribution < -0.4 is 5.32 Å². The second-order valence-electron chi connectivity index (χ2n) is 4.23. The molecular formula is C12H11FIN3O2S. The highest BCUT2D eigenvalue weighted by molar-refractivity contribution is 14.1. The molecule has 1 heterocycles. The molecule has 0 saturated carbocycles. The Balaban J connectivity index is 2.33. The van der Waals surface area contributed by atoms with Crippen molar-refractivity contribution in [2.75, 3.05) is 5.32 Å². The van der Waals surface area contributed by atoms with Crippen molar-refractivity contribution in [1.29, 1.82) is 0 Å². The molecule has 0 aliphatic rings. The van der Waals surface area contributed by atoms with Gasteiger partial charge in [0.1, 0.15) is 16.5 Å². The lowest BCUT2D eigenvalue weighted by Crippen LogP contribution is -2.09. The van der Waals surface area contributed by atoms with E-state index in [1.165, 1.54) is 17.4 Å². The summed E-state index contributed by atoms with van der Waals surface area (Å²) in [6.07, 6.45) is 0. The van der Waals surface area contributed by atoms with Crippen molar-refractivity contribution in [3.8, 4) is 0 Å². The molecule has 2 aromatic rings. The van der Waals surface area contributed by atoms with E-state index < -0.39 is 10.7 Å². The Hall–Kier alpha value is -1.29. The van der Waals surface area contributed by atoms with Gasteiger partial charge in [-0.1, -0.05) is 0 Å². The number of nitro benzene ring substituents is 1. The number of halogens is 2. The predicted octanol–water partition coefficient (Wildman–Crippen LogP) is 4.28. The van der Waals surface area contributed by atoms with E-state index in [-0.39, 0.29) is 21.0 Å². The van der Waals surface area contributed by atoms with Crippen LogP contribution in [0, 0.1) is 26.4 Å². The van der Waals surface area contributed by atoms with Gasteiger partial charge in [0, 0.05) is 23.2 Å². The van der Waals surface area contributed by atoms with Gasteiger partial charge in [0.25, 0.3) is 5.69 Å². The topological polar surface area (TPSA) is 68.1 Å². The number of aryl methyl sites for hydroxylation is 1. The second-order valence-corrected chi connectivity index (χ2v) is 6.29. The zero-order chi connectivity index (χ0) is 14.9. The first-order valence-corrected chi connectivity index (χ1v) is 7.66. The molecule has 1 unspecified atom stereocenters. The van der Waals surface area contributed by atoms with E-state index in [1.807, 2.05) is 19.2 Å². The molecule has 1 atom stereocenters. The van der Waals surface area contributed by atoms with E-state index in [1.54, 1.807) is 22.6 Å². The Kier molecular flexibility index (Phi) is 4.53. The highest BCUT2D eigenvalue weighted by Gasteiger charge is 2.20. The number of nitrogens with one attached hydrogen (secondary N) is 1. The van der Waals surface area contributed by atoms with E-state index in [2.05, 4.69) is 10.3 Å². The number of rotatable bonds is 4. The monoisotopic (exact) mass is 407 g/mol. The molecular weight excluding hydrogens is 396 g/mol. The van der Waals surface area contributed by atoms with Crippen molar-refractivity contribution in [2.45, 2.75) is 19.9 Å². The van der Waals surface area contributed by atoms with Crippen LogP contribution in [0.25, 0.3) is 0 Å². The van der Waals surface area contributed by atoms with Gasteiger partial charge in [-0.05, 0) is 36.4 Å². The first-order chi connectivity index (χ1) is 9.38. The third-order valence-corrected chi connectivity index (χ3v) is 4.59. The average Bonchev–Trinajstić information content (AvgIpc) is 2.80. The van der Waals surface area contributed by atoms with Gasteiger partial charge in [-0.3, -0.25) is 10.1 Å². The molecule has 106 valence electrons. The molecule has 8 heteroatoms. The maximum atomic E-state index is 13.6. The largest absolute Gasteiger partial charge is 0.370 e. The van der Waals surface area contributed by atoms with E-state index in [0.717, 1.165) is 16.8 Å². The zero-order valence-corrected chi connectivity index (χ0v) is 13.7. The van der Waals surface area contributed by atoms with Gasteiger partial charge < -0.3 is 5.32 Å². The highest BCUT2D eigenvalue weighted by atomic mass is 127. The van der Waals surface area contributed by atoms with Gasteiger partial charge in [-0.25, -0.2) is 9.37 Å². The van der Waals surface area contributed by atoms with Crippen LogP contribution in [0.2, 0.25) is 0 Å². The summed E-state index contributed by atoms with van der Waals surface area (Å²) in [5.74, 6) is -0.485. The molecule has 1 N–H and O–H groups in total. The Morgan fingerprint density at radius 2 is 2.25 bits per heavy atom. The van der Waals surface area contributed by atoms with E-state index in [0.29, 0.717) is 0 Å². The van der Waals surface area contributed by atoms with Crippen molar-refractivity contribution in [1.82, 2.24) is 4.98 Å². The van der Waals surface area contributed by atoms with Crippen LogP contribution in [-0.4, -0.2) is 9.91 Å². The Morgan fingerprint density at radius 3 is 2.80 bits per heavy atom. The third kappa shape index (κ3) is 3.23. The number of aromatic nitrogens is 1. The Bertz CT molecular complexity index is 662. The molecule has 0 aliphatic carbocycles. The molecule has 20 heavy (non-hydrogen) atoms. The number of nitrogens with zero attached hydrogens (tertiary/aromatic N) is 2. The molecule has 5 nitrogen and oxygen atoms in total. The molecule has 1 aromatic carbocycles. The average molecular weight is 407 g/mol. The zero-order valence-electron chi connectivity index (χ0n) is 10.7. The molecule has 0 bridgehead atoms. The minimum atomic E-state index is -0.524. The van der Waals surface area contributed by atoms with Crippen LogP contribution >= 0.6 is 33.9 Å². The van der Waals surface area contributed by atoms with Crippen molar-refractivity contribution in [2.24, 2.45) is 0 Å². The van der Waals surface area contributed by atoms with Crippen LogP contribution in [0.4, 0.5) is 15.8 Å². The maximum Gasteiger partial charge on any atom is 0.293 e. The van der Waals surface area contributed by atoms with Gasteiger partial charge in [-0.15, -0.1) is 11.3 Å². The number of hydrogen-bond donors (Lipinski definition) is 1. The fourth-order valence-electron chi connectivity index (χ4n) is 1.67. The summed E-state index contributed by atoms with van der Waals surface area (Å²) in [5.41, 5.74) is 0.908. The van der Waals surface area contributed by atoms with Crippen molar-refractivity contribution in [3.05, 3.63) is 47.7 Å². The fourth-order valence-corrected chi connectivity index (χ4v) is 2.92. The van der Waals surface area contributed by atoms with Gasteiger partial charge in [0.2, 0.25) is 0 Å². The summed E-state index contributed by atoms with van der Waals surface area (Å²) < 4.78 is 13.8. The summed E-state index contributed by atoms with van der Waals surface area (Å²) in [4.78, 5) is 14.8. The van der Waals surface area contributed by atoms with Crippen LogP contribution in [0.15, 0.2) is 17.5 Å². The molecule has 0 aliphatic heterocycles. The van der Waals surface area contributed by atoms with Crippen molar-refractivity contribution < 1.29 is 9.31 Å². The SMILES string of the molecule is Cc1csc(C(C)Nc2cc(F)c(I)cc2[N+](=O)[O-])n1. The third-order valence-electron chi connectivity index (χ3n) is 2.61. The van der Waals surface area contributed by atoms with E-state index in [4.69, 9.17) is 0 Å². The fraction of sp³-hybridized carbons (Fsp3) is 0.250. The molecule has 0 amide bonds. The minimum Gasteiger partial charge on any atom is -0.370 e. The molecule has 2 rings (SSSR count). The van der Waals surface area contributed by atoms with Gasteiger partial charge >= 0.3 is 0 Å². The summed E-state index contributed by atoms with van der Waals surface area (Å²) >= 11 is 3.19. The second kappa shape index (κ2) is 6.00. The first-order valence-electron chi connectivity index (χ1n) is 5.70. The molecule has 0 radical (unpaired) electrons. The Morgan fingerprint density at radius 1 is 1.55 bits per heavy atom. The summed E-state index contributed by atoms with van der Waals surface area (Å²) in [6, 6.07) is 2.14. The van der Waals surface area contributed by atoms with Crippen LogP contribution in [0.3, 0.4) is 0 Å². The standard InChI is InChI=1S/C12H11FIN3O2S/c1-6-5-20-12(15-6)7(2)16-10-3-8(13)9(14)4-11(10)17(18)19/h3-5,7,16H,1-2H3. The minimum absolute atomic E-state index is 0.143. The number of nitro groups is 1.